The summed E-state index contributed by atoms with van der Waals surface area (Å²) in [5, 5.41) is 44.5. The number of hydrogen-bond donors (Lipinski definition) is 4. The van der Waals surface area contributed by atoms with Gasteiger partial charge in [-0.3, -0.25) is 0 Å². The molecule has 2 aliphatic heterocycles. The fourth-order valence-corrected chi connectivity index (χ4v) is 3.95. The predicted octanol–water partition coefficient (Wildman–Crippen LogP) is 0.658. The van der Waals surface area contributed by atoms with Crippen LogP contribution in [0, 0.1) is 5.92 Å². The molecule has 0 bridgehead atoms. The minimum Gasteiger partial charge on any atom is -0.491 e. The van der Waals surface area contributed by atoms with Crippen molar-refractivity contribution in [1.82, 2.24) is 0 Å². The molecule has 2 aliphatic rings. The largest absolute Gasteiger partial charge is 0.491 e. The maximum absolute atomic E-state index is 10.4. The van der Waals surface area contributed by atoms with E-state index in [4.69, 9.17) is 14.2 Å². The summed E-state index contributed by atoms with van der Waals surface area (Å²) >= 11 is 0. The zero-order chi connectivity index (χ0) is 23.6. The third kappa shape index (κ3) is 5.29. The van der Waals surface area contributed by atoms with E-state index in [1.807, 2.05) is 63.6 Å². The van der Waals surface area contributed by atoms with Crippen LogP contribution in [0.3, 0.4) is 0 Å². The Balaban J connectivity index is 1.80. The van der Waals surface area contributed by atoms with Gasteiger partial charge in [-0.05, 0) is 51.8 Å². The van der Waals surface area contributed by atoms with Gasteiger partial charge in [0.1, 0.15) is 36.1 Å². The van der Waals surface area contributed by atoms with Crippen molar-refractivity contribution in [2.75, 3.05) is 6.61 Å². The number of hydrogen-bond acceptors (Lipinski definition) is 8. The molecular formula is C23H35N2O7+. The van der Waals surface area contributed by atoms with Crippen LogP contribution in [0.4, 0.5) is 0 Å². The van der Waals surface area contributed by atoms with Crippen LogP contribution >= 0.6 is 0 Å². The summed E-state index contributed by atoms with van der Waals surface area (Å²) in [6, 6.07) is 7.93. The summed E-state index contributed by atoms with van der Waals surface area (Å²) in [5.74, 6) is 0.941. The fraction of sp³-hybridized carbons (Fsp3) is 0.652. The first-order chi connectivity index (χ1) is 15.1. The number of rotatable bonds is 7. The first-order valence-electron chi connectivity index (χ1n) is 11.1. The third-order valence-corrected chi connectivity index (χ3v) is 5.68. The summed E-state index contributed by atoms with van der Waals surface area (Å²) < 4.78 is 19.0. The minimum atomic E-state index is -1.51. The first kappa shape index (κ1) is 24.6. The average molecular weight is 452 g/mol. The molecule has 0 aliphatic carbocycles. The van der Waals surface area contributed by atoms with Crippen molar-refractivity contribution in [3.05, 3.63) is 29.8 Å². The standard InChI is InChI=1S/C23H35N2O7/c1-12(2)25-14(5)17(10-15-6-8-16(9-7-15)30-13(3)4)22(24-25)32-23-21(29)20(28)19(27)18(11-26)31-23/h6-9,12-13,17-21,23,26-29H,10-11H2,1-5H3/q+1/t17?,18?,19-,20+,21-,23+/m1/s1. The van der Waals surface area contributed by atoms with Crippen LogP contribution in [0.25, 0.3) is 0 Å². The number of benzene rings is 1. The van der Waals surface area contributed by atoms with Gasteiger partial charge in [-0.15, -0.1) is 0 Å². The Morgan fingerprint density at radius 1 is 1.03 bits per heavy atom. The molecule has 0 spiro atoms. The van der Waals surface area contributed by atoms with E-state index < -0.39 is 37.3 Å². The second-order valence-electron chi connectivity index (χ2n) is 8.90. The van der Waals surface area contributed by atoms with Crippen molar-refractivity contribution < 1.29 is 39.3 Å². The molecule has 1 saturated heterocycles. The number of aliphatic hydroxyl groups is 4. The van der Waals surface area contributed by atoms with Crippen molar-refractivity contribution in [2.24, 2.45) is 11.0 Å². The van der Waals surface area contributed by atoms with Crippen LogP contribution in [-0.4, -0.2) is 86.2 Å². The molecule has 32 heavy (non-hydrogen) atoms. The van der Waals surface area contributed by atoms with Crippen molar-refractivity contribution >= 4 is 11.6 Å². The molecule has 6 atom stereocenters. The fourth-order valence-electron chi connectivity index (χ4n) is 3.95. The Labute approximate surface area is 188 Å². The third-order valence-electron chi connectivity index (χ3n) is 5.68. The molecule has 4 N–H and O–H groups in total. The predicted molar refractivity (Wildman–Crippen MR) is 118 cm³/mol. The van der Waals surface area contributed by atoms with Crippen LogP contribution < -0.4 is 4.74 Å². The molecule has 2 unspecified atom stereocenters. The lowest BCUT2D eigenvalue weighted by Crippen LogP contribution is -2.59. The smallest absolute Gasteiger partial charge is 0.270 e. The molecule has 1 fully saturated rings. The van der Waals surface area contributed by atoms with Crippen molar-refractivity contribution in [3.63, 3.8) is 0 Å². The van der Waals surface area contributed by atoms with E-state index in [9.17, 15) is 20.4 Å². The highest BCUT2D eigenvalue weighted by atomic mass is 16.7. The van der Waals surface area contributed by atoms with E-state index in [2.05, 4.69) is 5.10 Å². The number of hydrazone groups is 1. The van der Waals surface area contributed by atoms with Crippen LogP contribution in [0.15, 0.2) is 29.4 Å². The van der Waals surface area contributed by atoms with Gasteiger partial charge in [-0.1, -0.05) is 16.8 Å². The van der Waals surface area contributed by atoms with E-state index >= 15 is 0 Å². The molecule has 2 heterocycles. The lowest BCUT2D eigenvalue weighted by Gasteiger charge is -2.39. The van der Waals surface area contributed by atoms with Gasteiger partial charge in [0, 0.05) is 12.0 Å². The average Bonchev–Trinajstić information content (AvgIpc) is 3.05. The summed E-state index contributed by atoms with van der Waals surface area (Å²) in [7, 11) is 0. The first-order valence-corrected chi connectivity index (χ1v) is 11.1. The van der Waals surface area contributed by atoms with Gasteiger partial charge in [0.2, 0.25) is 6.29 Å². The maximum atomic E-state index is 10.4. The van der Waals surface area contributed by atoms with Crippen molar-refractivity contribution in [2.45, 2.75) is 83.9 Å². The summed E-state index contributed by atoms with van der Waals surface area (Å²) in [6.07, 6.45) is -6.05. The minimum absolute atomic E-state index is 0.0928. The Kier molecular flexibility index (Phi) is 7.89. The molecule has 0 radical (unpaired) electrons. The lowest BCUT2D eigenvalue weighted by atomic mass is 9.95. The highest BCUT2D eigenvalue weighted by Crippen LogP contribution is 2.27. The van der Waals surface area contributed by atoms with Crippen LogP contribution in [-0.2, 0) is 15.9 Å². The molecular weight excluding hydrogens is 416 g/mol. The zero-order valence-corrected chi connectivity index (χ0v) is 19.3. The van der Waals surface area contributed by atoms with Crippen LogP contribution in [0.2, 0.25) is 0 Å². The monoisotopic (exact) mass is 451 g/mol. The summed E-state index contributed by atoms with van der Waals surface area (Å²) in [6.45, 7) is 9.44. The second kappa shape index (κ2) is 10.3. The second-order valence-corrected chi connectivity index (χ2v) is 8.90. The molecule has 1 aromatic carbocycles. The Morgan fingerprint density at radius 3 is 2.25 bits per heavy atom. The molecule has 178 valence electrons. The Morgan fingerprint density at radius 2 is 1.69 bits per heavy atom. The van der Waals surface area contributed by atoms with Gasteiger partial charge >= 0.3 is 0 Å². The van der Waals surface area contributed by atoms with E-state index in [0.717, 1.165) is 17.0 Å². The molecule has 9 nitrogen and oxygen atoms in total. The molecule has 0 saturated carbocycles. The summed E-state index contributed by atoms with van der Waals surface area (Å²) in [5.41, 5.74) is 2.04. The van der Waals surface area contributed by atoms with Gasteiger partial charge in [-0.25, -0.2) is 0 Å². The Bertz CT molecular complexity index is 835. The molecule has 3 rings (SSSR count). The highest BCUT2D eigenvalue weighted by molar-refractivity contribution is 6.03. The van der Waals surface area contributed by atoms with Gasteiger partial charge in [0.25, 0.3) is 5.90 Å². The van der Waals surface area contributed by atoms with Crippen molar-refractivity contribution in [3.8, 4) is 5.75 Å². The van der Waals surface area contributed by atoms with Crippen molar-refractivity contribution in [1.29, 1.82) is 0 Å². The van der Waals surface area contributed by atoms with Crippen LogP contribution in [0.5, 0.6) is 5.75 Å². The number of aliphatic hydroxyl groups excluding tert-OH is 4. The summed E-state index contributed by atoms with van der Waals surface area (Å²) in [4.78, 5) is 0. The molecule has 0 aromatic heterocycles. The van der Waals surface area contributed by atoms with Gasteiger partial charge < -0.3 is 34.6 Å². The number of ether oxygens (including phenoxy) is 3. The lowest BCUT2D eigenvalue weighted by molar-refractivity contribution is -0.563. The van der Waals surface area contributed by atoms with Gasteiger partial charge in [-0.2, -0.15) is 0 Å². The van der Waals surface area contributed by atoms with Gasteiger partial charge in [0.15, 0.2) is 11.8 Å². The molecule has 9 heteroatoms. The van der Waals surface area contributed by atoms with Gasteiger partial charge in [0.05, 0.1) is 12.7 Å². The molecule has 1 aromatic rings. The quantitative estimate of drug-likeness (QED) is 0.449. The van der Waals surface area contributed by atoms with E-state index in [1.165, 1.54) is 0 Å². The van der Waals surface area contributed by atoms with E-state index in [-0.39, 0.29) is 18.1 Å². The SMILES string of the molecule is CC1=[N+](C(C)C)N=C(O[C@@H]2OC(CO)[C@@H](O)[C@H](O)[C@H]2O)C1Cc1ccc(OC(C)C)cc1. The van der Waals surface area contributed by atoms with E-state index in [0.29, 0.717) is 12.3 Å². The normalized spacial score (nSPS) is 30.8. The maximum Gasteiger partial charge on any atom is 0.270 e. The van der Waals surface area contributed by atoms with Crippen LogP contribution in [0.1, 0.15) is 40.2 Å². The highest BCUT2D eigenvalue weighted by Gasteiger charge is 2.47. The number of nitrogens with zero attached hydrogens (tertiary/aromatic N) is 2. The zero-order valence-electron chi connectivity index (χ0n) is 19.3. The molecule has 0 amide bonds. The Hall–Kier alpha value is -2.04. The topological polar surface area (TPSA) is 124 Å². The van der Waals surface area contributed by atoms with E-state index in [1.54, 1.807) is 0 Å².